The van der Waals surface area contributed by atoms with Gasteiger partial charge in [-0.15, -0.1) is 0 Å². The molecule has 1 saturated heterocycles. The SMILES string of the molecule is CN(C)[C@@H]1CCCN1c1ccc2c(C(=O)O)c(Cl)ccc2n1. The third-order valence-electron chi connectivity index (χ3n) is 4.13. The van der Waals surface area contributed by atoms with Gasteiger partial charge in [-0.05, 0) is 51.2 Å². The van der Waals surface area contributed by atoms with Gasteiger partial charge in [-0.3, -0.25) is 4.90 Å². The lowest BCUT2D eigenvalue weighted by atomic mass is 10.1. The zero-order valence-corrected chi connectivity index (χ0v) is 13.3. The molecule has 6 heteroatoms. The van der Waals surface area contributed by atoms with E-state index in [1.165, 1.54) is 0 Å². The quantitative estimate of drug-likeness (QED) is 0.942. The van der Waals surface area contributed by atoms with Gasteiger partial charge < -0.3 is 10.0 Å². The highest BCUT2D eigenvalue weighted by Gasteiger charge is 2.27. The fourth-order valence-corrected chi connectivity index (χ4v) is 3.34. The van der Waals surface area contributed by atoms with E-state index in [0.717, 1.165) is 25.2 Å². The Labute approximate surface area is 134 Å². The Hall–Kier alpha value is -1.85. The van der Waals surface area contributed by atoms with Crippen LogP contribution < -0.4 is 4.90 Å². The number of hydrogen-bond acceptors (Lipinski definition) is 4. The molecule has 5 nitrogen and oxygen atoms in total. The monoisotopic (exact) mass is 319 g/mol. The number of rotatable bonds is 3. The van der Waals surface area contributed by atoms with Crippen LogP contribution in [0.5, 0.6) is 0 Å². The molecule has 1 aromatic carbocycles. The zero-order valence-electron chi connectivity index (χ0n) is 12.6. The maximum atomic E-state index is 11.4. The van der Waals surface area contributed by atoms with E-state index in [4.69, 9.17) is 11.6 Å². The fraction of sp³-hybridized carbons (Fsp3) is 0.375. The second-order valence-electron chi connectivity index (χ2n) is 5.74. The second kappa shape index (κ2) is 5.74. The summed E-state index contributed by atoms with van der Waals surface area (Å²) in [5.41, 5.74) is 0.771. The molecule has 0 amide bonds. The predicted octanol–water partition coefficient (Wildman–Crippen LogP) is 3.07. The van der Waals surface area contributed by atoms with Crippen molar-refractivity contribution in [3.63, 3.8) is 0 Å². The highest BCUT2D eigenvalue weighted by atomic mass is 35.5. The number of fused-ring (bicyclic) bond motifs is 1. The maximum Gasteiger partial charge on any atom is 0.337 e. The summed E-state index contributed by atoms with van der Waals surface area (Å²) in [6.45, 7) is 0.959. The van der Waals surface area contributed by atoms with Crippen molar-refractivity contribution < 1.29 is 9.90 Å². The van der Waals surface area contributed by atoms with E-state index in [1.807, 2.05) is 6.07 Å². The van der Waals surface area contributed by atoms with Crippen LogP contribution in [0.1, 0.15) is 23.2 Å². The number of benzene rings is 1. The third-order valence-corrected chi connectivity index (χ3v) is 4.45. The number of aromatic nitrogens is 1. The topological polar surface area (TPSA) is 56.7 Å². The van der Waals surface area contributed by atoms with Gasteiger partial charge in [0.25, 0.3) is 0 Å². The van der Waals surface area contributed by atoms with Gasteiger partial charge in [-0.2, -0.15) is 0 Å². The maximum absolute atomic E-state index is 11.4. The van der Waals surface area contributed by atoms with Gasteiger partial charge in [0.15, 0.2) is 0 Å². The molecular weight excluding hydrogens is 302 g/mol. The summed E-state index contributed by atoms with van der Waals surface area (Å²) < 4.78 is 0. The molecule has 1 atom stereocenters. The lowest BCUT2D eigenvalue weighted by molar-refractivity contribution is 0.0699. The smallest absolute Gasteiger partial charge is 0.337 e. The summed E-state index contributed by atoms with van der Waals surface area (Å²) in [6.07, 6.45) is 2.56. The molecule has 3 rings (SSSR count). The molecule has 1 N–H and O–H groups in total. The van der Waals surface area contributed by atoms with Crippen LogP contribution in [0.2, 0.25) is 5.02 Å². The van der Waals surface area contributed by atoms with Crippen LogP contribution in [-0.2, 0) is 0 Å². The summed E-state index contributed by atoms with van der Waals surface area (Å²) >= 11 is 6.00. The Morgan fingerprint density at radius 2 is 2.14 bits per heavy atom. The molecular formula is C16H18ClN3O2. The molecule has 22 heavy (non-hydrogen) atoms. The van der Waals surface area contributed by atoms with Crippen molar-refractivity contribution in [2.75, 3.05) is 25.5 Å². The van der Waals surface area contributed by atoms with Crippen molar-refractivity contribution in [3.8, 4) is 0 Å². The molecule has 1 aromatic heterocycles. The van der Waals surface area contributed by atoms with Crippen LogP contribution in [0.4, 0.5) is 5.82 Å². The number of anilines is 1. The Morgan fingerprint density at radius 1 is 1.36 bits per heavy atom. The van der Waals surface area contributed by atoms with Crippen molar-refractivity contribution in [1.29, 1.82) is 0 Å². The molecule has 1 fully saturated rings. The molecule has 0 saturated carbocycles. The first-order chi connectivity index (χ1) is 10.5. The largest absolute Gasteiger partial charge is 0.478 e. The van der Waals surface area contributed by atoms with Gasteiger partial charge in [0.05, 0.1) is 22.3 Å². The summed E-state index contributed by atoms with van der Waals surface area (Å²) in [6, 6.07) is 7.05. The Balaban J connectivity index is 2.08. The van der Waals surface area contributed by atoms with Crippen LogP contribution in [0.3, 0.4) is 0 Å². The van der Waals surface area contributed by atoms with E-state index in [2.05, 4.69) is 28.9 Å². The molecule has 0 bridgehead atoms. The zero-order chi connectivity index (χ0) is 15.9. The number of nitrogens with zero attached hydrogens (tertiary/aromatic N) is 3. The Kier molecular flexibility index (Phi) is 3.93. The van der Waals surface area contributed by atoms with E-state index in [0.29, 0.717) is 17.1 Å². The van der Waals surface area contributed by atoms with E-state index >= 15 is 0 Å². The normalized spacial score (nSPS) is 18.4. The van der Waals surface area contributed by atoms with Gasteiger partial charge in [0.1, 0.15) is 5.82 Å². The van der Waals surface area contributed by atoms with Gasteiger partial charge in [-0.25, -0.2) is 9.78 Å². The summed E-state index contributed by atoms with van der Waals surface area (Å²) in [4.78, 5) is 20.5. The molecule has 1 aliphatic rings. The lowest BCUT2D eigenvalue weighted by Crippen LogP contribution is -2.40. The Bertz CT molecular complexity index is 733. The first-order valence-corrected chi connectivity index (χ1v) is 7.62. The van der Waals surface area contributed by atoms with Crippen LogP contribution in [0.15, 0.2) is 24.3 Å². The van der Waals surface area contributed by atoms with Gasteiger partial charge in [-0.1, -0.05) is 11.6 Å². The average Bonchev–Trinajstić information content (AvgIpc) is 2.95. The number of aromatic carboxylic acids is 1. The van der Waals surface area contributed by atoms with Crippen molar-refractivity contribution in [2.45, 2.75) is 19.0 Å². The van der Waals surface area contributed by atoms with Crippen LogP contribution in [0.25, 0.3) is 10.9 Å². The number of hydrogen-bond donors (Lipinski definition) is 1. The summed E-state index contributed by atoms with van der Waals surface area (Å²) in [7, 11) is 4.12. The first-order valence-electron chi connectivity index (χ1n) is 7.24. The standard InChI is InChI=1S/C16H18ClN3O2/c1-19(2)14-4-3-9-20(14)13-8-5-10-12(18-13)7-6-11(17)15(10)16(21)22/h5-8,14H,3-4,9H2,1-2H3,(H,21,22)/t14-/m0/s1. The summed E-state index contributed by atoms with van der Waals surface area (Å²) in [5, 5.41) is 10.1. The average molecular weight is 320 g/mol. The van der Waals surface area contributed by atoms with Gasteiger partial charge in [0, 0.05) is 11.9 Å². The molecule has 0 unspecified atom stereocenters. The number of carboxylic acid groups (broad SMARTS) is 1. The van der Waals surface area contributed by atoms with E-state index in [9.17, 15) is 9.90 Å². The number of halogens is 1. The van der Waals surface area contributed by atoms with E-state index in [-0.39, 0.29) is 10.6 Å². The number of pyridine rings is 1. The minimum Gasteiger partial charge on any atom is -0.478 e. The minimum absolute atomic E-state index is 0.115. The van der Waals surface area contributed by atoms with Crippen LogP contribution in [-0.4, -0.2) is 47.8 Å². The molecule has 0 radical (unpaired) electrons. The number of carboxylic acids is 1. The van der Waals surface area contributed by atoms with Crippen molar-refractivity contribution >= 4 is 34.3 Å². The highest BCUT2D eigenvalue weighted by Crippen LogP contribution is 2.30. The fourth-order valence-electron chi connectivity index (χ4n) is 3.10. The molecule has 1 aliphatic heterocycles. The van der Waals surface area contributed by atoms with Gasteiger partial charge in [0.2, 0.25) is 0 Å². The van der Waals surface area contributed by atoms with Crippen LogP contribution in [0, 0.1) is 0 Å². The van der Waals surface area contributed by atoms with E-state index in [1.54, 1.807) is 18.2 Å². The predicted molar refractivity (Wildman–Crippen MR) is 87.8 cm³/mol. The number of carbonyl (C=O) groups is 1. The van der Waals surface area contributed by atoms with Crippen molar-refractivity contribution in [1.82, 2.24) is 9.88 Å². The lowest BCUT2D eigenvalue weighted by Gasteiger charge is -2.30. The van der Waals surface area contributed by atoms with Gasteiger partial charge >= 0.3 is 5.97 Å². The van der Waals surface area contributed by atoms with E-state index < -0.39 is 5.97 Å². The molecule has 2 aromatic rings. The first kappa shape index (κ1) is 15.1. The molecule has 116 valence electrons. The molecule has 2 heterocycles. The van der Waals surface area contributed by atoms with Crippen LogP contribution >= 0.6 is 11.6 Å². The minimum atomic E-state index is -1.03. The van der Waals surface area contributed by atoms with Crippen molar-refractivity contribution in [3.05, 3.63) is 34.9 Å². The third kappa shape index (κ3) is 2.51. The highest BCUT2D eigenvalue weighted by molar-refractivity contribution is 6.35. The molecule has 0 spiro atoms. The van der Waals surface area contributed by atoms with Crippen molar-refractivity contribution in [2.24, 2.45) is 0 Å². The Morgan fingerprint density at radius 3 is 2.82 bits per heavy atom. The molecule has 0 aliphatic carbocycles. The second-order valence-corrected chi connectivity index (χ2v) is 6.15. The summed E-state index contributed by atoms with van der Waals surface area (Å²) in [5.74, 6) is -0.153.